The zero-order valence-electron chi connectivity index (χ0n) is 15.0. The molecule has 5 rings (SSSR count). The maximum atomic E-state index is 13.0. The lowest BCUT2D eigenvalue weighted by Crippen LogP contribution is -2.45. The average molecular weight is 361 g/mol. The number of ketones is 1. The summed E-state index contributed by atoms with van der Waals surface area (Å²) in [5, 5.41) is 0. The number of hydrogen-bond donors (Lipinski definition) is 0. The van der Waals surface area contributed by atoms with E-state index in [1.54, 1.807) is 17.2 Å². The lowest BCUT2D eigenvalue weighted by Gasteiger charge is -2.34. The molecule has 4 heterocycles. The minimum absolute atomic E-state index is 0.0781. The molecule has 2 aliphatic rings. The first-order valence-electron chi connectivity index (χ1n) is 9.09. The summed E-state index contributed by atoms with van der Waals surface area (Å²) in [6.07, 6.45) is 4.66. The molecular weight excluding hydrogens is 342 g/mol. The van der Waals surface area contributed by atoms with Crippen LogP contribution in [0.5, 0.6) is 5.75 Å². The summed E-state index contributed by atoms with van der Waals surface area (Å²) in [5.41, 5.74) is 2.27. The molecular formula is C21H19N3O3. The molecule has 1 spiro atoms. The molecule has 0 unspecified atom stereocenters. The van der Waals surface area contributed by atoms with Gasteiger partial charge in [-0.1, -0.05) is 18.2 Å². The normalized spacial score (nSPS) is 21.5. The van der Waals surface area contributed by atoms with Crippen LogP contribution in [0.3, 0.4) is 0 Å². The molecule has 1 aromatic carbocycles. The summed E-state index contributed by atoms with van der Waals surface area (Å²) in [7, 11) is 0. The third-order valence-corrected chi connectivity index (χ3v) is 5.42. The molecule has 3 aromatic rings. The number of fused-ring (bicyclic) bond motifs is 2. The number of carbonyl (C=O) groups is 2. The van der Waals surface area contributed by atoms with Crippen molar-refractivity contribution >= 4 is 17.3 Å². The zero-order chi connectivity index (χ0) is 18.6. The smallest absolute Gasteiger partial charge is 0.274 e. The Hall–Kier alpha value is -3.15. The number of nitrogens with zero attached hydrogens (tertiary/aromatic N) is 3. The number of ether oxygens (including phenoxy) is 1. The van der Waals surface area contributed by atoms with Crippen molar-refractivity contribution in [2.75, 3.05) is 13.1 Å². The van der Waals surface area contributed by atoms with Crippen LogP contribution >= 0.6 is 0 Å². The molecule has 2 aromatic heterocycles. The first-order chi connectivity index (χ1) is 13.0. The van der Waals surface area contributed by atoms with Gasteiger partial charge in [0.2, 0.25) is 0 Å². The van der Waals surface area contributed by atoms with Crippen molar-refractivity contribution in [2.45, 2.75) is 25.4 Å². The van der Waals surface area contributed by atoms with Crippen molar-refractivity contribution in [3.8, 4) is 5.75 Å². The molecule has 0 N–H and O–H groups in total. The molecule has 1 atom stereocenters. The lowest BCUT2D eigenvalue weighted by atomic mass is 9.89. The van der Waals surface area contributed by atoms with Gasteiger partial charge in [0.05, 0.1) is 18.5 Å². The monoisotopic (exact) mass is 361 g/mol. The van der Waals surface area contributed by atoms with E-state index in [2.05, 4.69) is 4.98 Å². The van der Waals surface area contributed by atoms with Gasteiger partial charge in [-0.05, 0) is 30.7 Å². The number of aryl methyl sites for hydroxylation is 1. The topological polar surface area (TPSA) is 63.9 Å². The Labute approximate surface area is 156 Å². The first kappa shape index (κ1) is 16.1. The van der Waals surface area contributed by atoms with Gasteiger partial charge in [0.1, 0.15) is 22.7 Å². The fourth-order valence-electron chi connectivity index (χ4n) is 4.06. The van der Waals surface area contributed by atoms with Crippen LogP contribution in [0.1, 0.15) is 39.3 Å². The highest BCUT2D eigenvalue weighted by Gasteiger charge is 2.47. The second-order valence-electron chi connectivity index (χ2n) is 7.46. The molecule has 1 amide bonds. The highest BCUT2D eigenvalue weighted by atomic mass is 16.5. The molecule has 6 nitrogen and oxygen atoms in total. The first-order valence-corrected chi connectivity index (χ1v) is 9.09. The van der Waals surface area contributed by atoms with Crippen LogP contribution in [0.4, 0.5) is 0 Å². The summed E-state index contributed by atoms with van der Waals surface area (Å²) in [5.74, 6) is 0.573. The highest BCUT2D eigenvalue weighted by molar-refractivity contribution is 6.00. The number of likely N-dealkylation sites (tertiary alicyclic amines) is 1. The van der Waals surface area contributed by atoms with Gasteiger partial charge in [0.25, 0.3) is 5.91 Å². The number of para-hydroxylation sites is 1. The van der Waals surface area contributed by atoms with Gasteiger partial charge < -0.3 is 14.0 Å². The molecule has 6 heteroatoms. The fraction of sp³-hybridized carbons (Fsp3) is 0.286. The van der Waals surface area contributed by atoms with Crippen LogP contribution in [0.25, 0.3) is 5.65 Å². The quantitative estimate of drug-likeness (QED) is 0.669. The van der Waals surface area contributed by atoms with Crippen LogP contribution in [0.15, 0.2) is 48.8 Å². The van der Waals surface area contributed by atoms with E-state index in [0.29, 0.717) is 42.9 Å². The predicted molar refractivity (Wildman–Crippen MR) is 99.2 cm³/mol. The minimum atomic E-state index is -0.628. The summed E-state index contributed by atoms with van der Waals surface area (Å²) in [4.78, 5) is 31.7. The van der Waals surface area contributed by atoms with Crippen molar-refractivity contribution in [3.63, 3.8) is 0 Å². The largest absolute Gasteiger partial charge is 0.484 e. The highest BCUT2D eigenvalue weighted by Crippen LogP contribution is 2.38. The Kier molecular flexibility index (Phi) is 3.37. The maximum absolute atomic E-state index is 13.0. The molecule has 0 radical (unpaired) electrons. The molecule has 0 bridgehead atoms. The molecule has 136 valence electrons. The Morgan fingerprint density at radius 1 is 1.19 bits per heavy atom. The number of imidazole rings is 1. The third-order valence-electron chi connectivity index (χ3n) is 5.42. The molecule has 1 saturated heterocycles. The number of hydrogen-bond acceptors (Lipinski definition) is 4. The van der Waals surface area contributed by atoms with Gasteiger partial charge in [-0.25, -0.2) is 4.98 Å². The van der Waals surface area contributed by atoms with Crippen molar-refractivity contribution in [1.29, 1.82) is 0 Å². The Bertz CT molecular complexity index is 1090. The number of rotatable bonds is 1. The van der Waals surface area contributed by atoms with Gasteiger partial charge in [-0.3, -0.25) is 9.59 Å². The average Bonchev–Trinajstić information content (AvgIpc) is 3.25. The number of Topliss-reactive ketones (excluding diaryl/α,β-unsaturated/α-hetero) is 1. The van der Waals surface area contributed by atoms with E-state index >= 15 is 0 Å². The standard InChI is InChI=1S/C21H19N3O3/c1-14-6-7-19-22-16(12-24(19)11-14)20(26)23-9-8-21(13-23)10-17(25)15-4-2-3-5-18(15)27-21/h2-7,11-12H,8-10,13H2,1H3/t21-/m1/s1. The molecule has 0 aliphatic carbocycles. The fourth-order valence-corrected chi connectivity index (χ4v) is 4.06. The van der Waals surface area contributed by atoms with E-state index in [0.717, 1.165) is 11.2 Å². The maximum Gasteiger partial charge on any atom is 0.274 e. The van der Waals surface area contributed by atoms with Gasteiger partial charge in [0, 0.05) is 25.4 Å². The number of benzene rings is 1. The summed E-state index contributed by atoms with van der Waals surface area (Å²) >= 11 is 0. The van der Waals surface area contributed by atoms with Crippen LogP contribution in [0.2, 0.25) is 0 Å². The summed E-state index contributed by atoms with van der Waals surface area (Å²) in [6, 6.07) is 11.2. The van der Waals surface area contributed by atoms with Crippen LogP contribution in [-0.2, 0) is 0 Å². The summed E-state index contributed by atoms with van der Waals surface area (Å²) in [6.45, 7) is 2.96. The SMILES string of the molecule is Cc1ccc2nc(C(=O)N3CC[C@@]4(CC(=O)c5ccccc5O4)C3)cn2c1. The molecule has 27 heavy (non-hydrogen) atoms. The van der Waals surface area contributed by atoms with Crippen molar-refractivity contribution in [2.24, 2.45) is 0 Å². The third kappa shape index (κ3) is 2.60. The molecule has 2 aliphatic heterocycles. The number of pyridine rings is 1. The second-order valence-corrected chi connectivity index (χ2v) is 7.46. The van der Waals surface area contributed by atoms with Gasteiger partial charge >= 0.3 is 0 Å². The lowest BCUT2D eigenvalue weighted by molar-refractivity contribution is 0.0427. The molecule has 1 fully saturated rings. The van der Waals surface area contributed by atoms with Gasteiger partial charge in [-0.15, -0.1) is 0 Å². The van der Waals surface area contributed by atoms with Crippen molar-refractivity contribution in [3.05, 3.63) is 65.6 Å². The minimum Gasteiger partial charge on any atom is -0.484 e. The Morgan fingerprint density at radius 2 is 2.04 bits per heavy atom. The van der Waals surface area contributed by atoms with Crippen LogP contribution in [0, 0.1) is 6.92 Å². The van der Waals surface area contributed by atoms with Crippen molar-refractivity contribution in [1.82, 2.24) is 14.3 Å². The van der Waals surface area contributed by atoms with Crippen LogP contribution in [-0.4, -0.2) is 44.7 Å². The predicted octanol–water partition coefficient (Wildman–Crippen LogP) is 2.89. The van der Waals surface area contributed by atoms with Crippen LogP contribution < -0.4 is 4.74 Å². The van der Waals surface area contributed by atoms with E-state index < -0.39 is 5.60 Å². The number of amides is 1. The van der Waals surface area contributed by atoms with Gasteiger partial charge in [0.15, 0.2) is 5.78 Å². The van der Waals surface area contributed by atoms with E-state index in [1.807, 2.05) is 47.9 Å². The summed E-state index contributed by atoms with van der Waals surface area (Å²) < 4.78 is 8.07. The second kappa shape index (κ2) is 5.67. The van der Waals surface area contributed by atoms with Crippen molar-refractivity contribution < 1.29 is 14.3 Å². The Morgan fingerprint density at radius 3 is 2.93 bits per heavy atom. The van der Waals surface area contributed by atoms with E-state index in [9.17, 15) is 9.59 Å². The zero-order valence-corrected chi connectivity index (χ0v) is 15.0. The number of aromatic nitrogens is 2. The van der Waals surface area contributed by atoms with E-state index in [4.69, 9.17) is 4.74 Å². The molecule has 0 saturated carbocycles. The Balaban J connectivity index is 1.40. The van der Waals surface area contributed by atoms with E-state index in [-0.39, 0.29) is 11.7 Å². The number of carbonyl (C=O) groups excluding carboxylic acids is 2. The van der Waals surface area contributed by atoms with Gasteiger partial charge in [-0.2, -0.15) is 0 Å². The van der Waals surface area contributed by atoms with E-state index in [1.165, 1.54) is 0 Å².